The molecule has 0 saturated heterocycles. The largest absolute Gasteiger partial charge is 0.365 e. The Morgan fingerprint density at radius 3 is 2.68 bits per heavy atom. The van der Waals surface area contributed by atoms with Gasteiger partial charge in [0.15, 0.2) is 0 Å². The molecule has 22 heavy (non-hydrogen) atoms. The maximum atomic E-state index is 12.6. The Morgan fingerprint density at radius 2 is 2.09 bits per heavy atom. The maximum absolute atomic E-state index is 12.6. The molecule has 0 unspecified atom stereocenters. The number of pyridine rings is 1. The fourth-order valence-corrected chi connectivity index (χ4v) is 1.74. The number of carbonyl (C=O) groups is 1. The number of hydrogen-bond acceptors (Lipinski definition) is 3. The molecule has 1 heterocycles. The molecule has 0 aliphatic heterocycles. The van der Waals surface area contributed by atoms with Gasteiger partial charge in [0, 0.05) is 23.9 Å². The van der Waals surface area contributed by atoms with Crippen LogP contribution >= 0.6 is 0 Å². The Balaban J connectivity index is 2.33. The number of carbonyl (C=O) groups excluding carboxylic acids is 1. The van der Waals surface area contributed by atoms with E-state index in [1.165, 1.54) is 0 Å². The van der Waals surface area contributed by atoms with Gasteiger partial charge < -0.3 is 10.1 Å². The number of rotatable bonds is 8. The summed E-state index contributed by atoms with van der Waals surface area (Å²) in [6.07, 6.45) is -3.36. The van der Waals surface area contributed by atoms with Gasteiger partial charge in [0.1, 0.15) is 13.2 Å². The van der Waals surface area contributed by atoms with Crippen LogP contribution < -0.4 is 5.32 Å². The molecule has 4 nitrogen and oxygen atoms in total. The van der Waals surface area contributed by atoms with Crippen LogP contribution in [0.2, 0.25) is 0 Å². The van der Waals surface area contributed by atoms with Gasteiger partial charge in [0.25, 0.3) is 0 Å². The van der Waals surface area contributed by atoms with E-state index in [4.69, 9.17) is 0 Å². The predicted octanol–water partition coefficient (Wildman–Crippen LogP) is 2.35. The molecule has 0 saturated carbocycles. The highest BCUT2D eigenvalue weighted by Gasteiger charge is 2.41. The van der Waals surface area contributed by atoms with E-state index >= 15 is 0 Å². The number of hydrogen-bond donors (Lipinski definition) is 1. The lowest BCUT2D eigenvalue weighted by Gasteiger charge is -2.16. The third-order valence-corrected chi connectivity index (χ3v) is 2.72. The first-order valence-electron chi connectivity index (χ1n) is 6.66. The van der Waals surface area contributed by atoms with Gasteiger partial charge in [-0.1, -0.05) is 6.07 Å². The van der Waals surface area contributed by atoms with Crippen molar-refractivity contribution in [2.75, 3.05) is 13.2 Å². The number of aryl methyl sites for hydroxylation is 1. The average Bonchev–Trinajstić information content (AvgIpc) is 2.37. The van der Waals surface area contributed by atoms with Crippen LogP contribution in [0.15, 0.2) is 18.2 Å². The van der Waals surface area contributed by atoms with Crippen molar-refractivity contribution in [3.05, 3.63) is 29.6 Å². The second-order valence-electron chi connectivity index (χ2n) is 5.00. The van der Waals surface area contributed by atoms with E-state index < -0.39 is 31.5 Å². The summed E-state index contributed by atoms with van der Waals surface area (Å²) in [7, 11) is 0. The molecule has 0 aliphatic rings. The summed E-state index contributed by atoms with van der Waals surface area (Å²) >= 11 is 0. The summed E-state index contributed by atoms with van der Waals surface area (Å²) in [5.74, 6) is -4.90. The molecule has 0 aliphatic carbocycles. The first-order valence-corrected chi connectivity index (χ1v) is 6.66. The summed E-state index contributed by atoms with van der Waals surface area (Å²) in [6, 6.07) is 5.18. The summed E-state index contributed by atoms with van der Waals surface area (Å²) in [5, 5.41) is 2.53. The fourth-order valence-electron chi connectivity index (χ4n) is 1.74. The Labute approximate surface area is 125 Å². The molecule has 0 fully saturated rings. The second kappa shape index (κ2) is 8.07. The lowest BCUT2D eigenvalue weighted by molar-refractivity contribution is -0.168. The molecule has 1 aromatic heterocycles. The van der Waals surface area contributed by atoms with E-state index in [1.54, 1.807) is 13.0 Å². The van der Waals surface area contributed by atoms with E-state index in [1.807, 2.05) is 19.1 Å². The van der Waals surface area contributed by atoms with E-state index in [0.717, 1.165) is 11.4 Å². The van der Waals surface area contributed by atoms with Gasteiger partial charge in [0.2, 0.25) is 5.91 Å². The molecule has 1 atom stereocenters. The number of alkyl halides is 4. The zero-order valence-corrected chi connectivity index (χ0v) is 12.3. The van der Waals surface area contributed by atoms with Crippen molar-refractivity contribution in [2.45, 2.75) is 38.7 Å². The molecule has 124 valence electrons. The normalized spacial score (nSPS) is 13.2. The maximum Gasteiger partial charge on any atom is 0.330 e. The van der Waals surface area contributed by atoms with Crippen molar-refractivity contribution >= 4 is 5.91 Å². The molecule has 0 radical (unpaired) electrons. The van der Waals surface area contributed by atoms with Gasteiger partial charge >= 0.3 is 12.3 Å². The van der Waals surface area contributed by atoms with Crippen LogP contribution in [0.5, 0.6) is 0 Å². The molecule has 0 spiro atoms. The second-order valence-corrected chi connectivity index (χ2v) is 5.00. The summed E-state index contributed by atoms with van der Waals surface area (Å²) in [6.45, 7) is 1.36. The molecule has 1 rings (SSSR count). The van der Waals surface area contributed by atoms with Crippen LogP contribution in [0.25, 0.3) is 0 Å². The SMILES string of the molecule is Cc1cccc(C[C@@H](C)NC(=O)COCC(F)(F)C(F)F)n1. The summed E-state index contributed by atoms with van der Waals surface area (Å²) in [5.41, 5.74) is 1.62. The third-order valence-electron chi connectivity index (χ3n) is 2.72. The first kappa shape index (κ1) is 18.3. The van der Waals surface area contributed by atoms with Crippen LogP contribution in [0.4, 0.5) is 17.6 Å². The molecular weight excluding hydrogens is 304 g/mol. The number of aromatic nitrogens is 1. The lowest BCUT2D eigenvalue weighted by atomic mass is 10.1. The van der Waals surface area contributed by atoms with E-state index in [0.29, 0.717) is 6.42 Å². The summed E-state index contributed by atoms with van der Waals surface area (Å²) in [4.78, 5) is 15.7. The number of amides is 1. The van der Waals surface area contributed by atoms with Crippen molar-refractivity contribution in [3.63, 3.8) is 0 Å². The quantitative estimate of drug-likeness (QED) is 0.748. The van der Waals surface area contributed by atoms with E-state index in [2.05, 4.69) is 15.0 Å². The Bertz CT molecular complexity index is 497. The Kier molecular flexibility index (Phi) is 6.73. The van der Waals surface area contributed by atoms with Crippen molar-refractivity contribution < 1.29 is 27.1 Å². The minimum absolute atomic E-state index is 0.291. The standard InChI is InChI=1S/C14H18F4N2O2/c1-9-4-3-5-11(19-9)6-10(2)20-12(21)7-22-8-14(17,18)13(15)16/h3-5,10,13H,6-8H2,1-2H3,(H,20,21)/t10-/m1/s1. The van der Waals surface area contributed by atoms with Crippen LogP contribution in [-0.2, 0) is 16.0 Å². The Hall–Kier alpha value is -1.70. The average molecular weight is 322 g/mol. The van der Waals surface area contributed by atoms with Gasteiger partial charge in [-0.15, -0.1) is 0 Å². The third kappa shape index (κ3) is 6.38. The molecule has 0 aromatic carbocycles. The highest BCUT2D eigenvalue weighted by atomic mass is 19.3. The zero-order chi connectivity index (χ0) is 16.8. The number of nitrogens with one attached hydrogen (secondary N) is 1. The minimum Gasteiger partial charge on any atom is -0.365 e. The lowest BCUT2D eigenvalue weighted by Crippen LogP contribution is -2.39. The van der Waals surface area contributed by atoms with Crippen molar-refractivity contribution in [3.8, 4) is 0 Å². The van der Waals surface area contributed by atoms with Crippen molar-refractivity contribution in [2.24, 2.45) is 0 Å². The molecular formula is C14H18F4N2O2. The highest BCUT2D eigenvalue weighted by Crippen LogP contribution is 2.22. The van der Waals surface area contributed by atoms with Crippen LogP contribution in [-0.4, -0.2) is 42.5 Å². The van der Waals surface area contributed by atoms with Crippen LogP contribution in [0.1, 0.15) is 18.3 Å². The molecule has 0 bridgehead atoms. The van der Waals surface area contributed by atoms with Gasteiger partial charge in [-0.25, -0.2) is 8.78 Å². The van der Waals surface area contributed by atoms with E-state index in [-0.39, 0.29) is 6.04 Å². The number of halogens is 4. The topological polar surface area (TPSA) is 51.2 Å². The number of nitrogens with zero attached hydrogens (tertiary/aromatic N) is 1. The zero-order valence-electron chi connectivity index (χ0n) is 12.3. The van der Waals surface area contributed by atoms with Gasteiger partial charge in [-0.3, -0.25) is 9.78 Å². The van der Waals surface area contributed by atoms with Crippen LogP contribution in [0.3, 0.4) is 0 Å². The Morgan fingerprint density at radius 1 is 1.41 bits per heavy atom. The first-order chi connectivity index (χ1) is 10.2. The molecule has 1 aromatic rings. The molecule has 1 amide bonds. The smallest absolute Gasteiger partial charge is 0.330 e. The highest BCUT2D eigenvalue weighted by molar-refractivity contribution is 5.77. The molecule has 1 N–H and O–H groups in total. The minimum atomic E-state index is -4.25. The fraction of sp³-hybridized carbons (Fsp3) is 0.571. The molecule has 8 heteroatoms. The van der Waals surface area contributed by atoms with Gasteiger partial charge in [-0.2, -0.15) is 8.78 Å². The number of ether oxygens (including phenoxy) is 1. The van der Waals surface area contributed by atoms with Crippen molar-refractivity contribution in [1.29, 1.82) is 0 Å². The van der Waals surface area contributed by atoms with Crippen molar-refractivity contribution in [1.82, 2.24) is 10.3 Å². The van der Waals surface area contributed by atoms with Gasteiger partial charge in [-0.05, 0) is 26.0 Å². The van der Waals surface area contributed by atoms with E-state index in [9.17, 15) is 22.4 Å². The van der Waals surface area contributed by atoms with Gasteiger partial charge in [0.05, 0.1) is 0 Å². The van der Waals surface area contributed by atoms with Crippen LogP contribution in [0, 0.1) is 6.92 Å². The summed E-state index contributed by atoms with van der Waals surface area (Å²) < 4.78 is 53.2. The predicted molar refractivity (Wildman–Crippen MR) is 72.1 cm³/mol. The monoisotopic (exact) mass is 322 g/mol.